The number of nitrogens with zero attached hydrogens (tertiary/aromatic N) is 2. The summed E-state index contributed by atoms with van der Waals surface area (Å²) in [6, 6.07) is 5.86. The summed E-state index contributed by atoms with van der Waals surface area (Å²) in [7, 11) is 0. The quantitative estimate of drug-likeness (QED) is 0.240. The molecule has 11 heteroatoms. The van der Waals surface area contributed by atoms with Crippen molar-refractivity contribution < 1.29 is 22.4 Å². The molecule has 1 aromatic heterocycles. The highest BCUT2D eigenvalue weighted by atomic mass is 32.1. The summed E-state index contributed by atoms with van der Waals surface area (Å²) >= 11 is 0.955. The summed E-state index contributed by atoms with van der Waals surface area (Å²) in [6.45, 7) is 3.49. The largest absolute Gasteiger partial charge is 0.434 e. The number of nitrogens with one attached hydrogen (secondary N) is 3. The number of carbonyl (C=O) groups excluding carboxylic acids is 1. The van der Waals surface area contributed by atoms with Crippen LogP contribution in [-0.2, 0) is 23.8 Å². The number of aliphatic imine (C=N–C) groups is 1. The fraction of sp³-hybridized carbons (Fsp3) is 0.421. The van der Waals surface area contributed by atoms with Crippen molar-refractivity contribution in [3.05, 3.63) is 51.7 Å². The summed E-state index contributed by atoms with van der Waals surface area (Å²) < 4.78 is 50.8. The average Bonchev–Trinajstić information content (AvgIpc) is 3.14. The number of aromatic nitrogens is 1. The molecule has 1 aromatic carbocycles. The zero-order valence-corrected chi connectivity index (χ0v) is 17.2. The van der Waals surface area contributed by atoms with Gasteiger partial charge in [-0.25, -0.2) is 9.37 Å². The minimum Gasteiger partial charge on any atom is -0.357 e. The van der Waals surface area contributed by atoms with E-state index >= 15 is 0 Å². The van der Waals surface area contributed by atoms with Gasteiger partial charge in [0.1, 0.15) is 5.82 Å². The van der Waals surface area contributed by atoms with E-state index in [0.717, 1.165) is 16.7 Å². The first-order chi connectivity index (χ1) is 14.3. The molecule has 0 bridgehead atoms. The van der Waals surface area contributed by atoms with Crippen LogP contribution >= 0.6 is 11.3 Å². The molecule has 6 nitrogen and oxygen atoms in total. The van der Waals surface area contributed by atoms with Gasteiger partial charge in [0.15, 0.2) is 11.7 Å². The molecule has 0 aliphatic heterocycles. The Bertz CT molecular complexity index is 853. The van der Waals surface area contributed by atoms with Gasteiger partial charge in [-0.3, -0.25) is 9.79 Å². The van der Waals surface area contributed by atoms with E-state index in [-0.39, 0.29) is 24.7 Å². The molecule has 0 saturated carbocycles. The molecule has 1 heterocycles. The van der Waals surface area contributed by atoms with E-state index in [1.807, 2.05) is 6.92 Å². The molecule has 2 aromatic rings. The number of benzene rings is 1. The van der Waals surface area contributed by atoms with Crippen LogP contribution in [0, 0.1) is 5.82 Å². The van der Waals surface area contributed by atoms with Crippen molar-refractivity contribution in [2.45, 2.75) is 25.9 Å². The molecule has 30 heavy (non-hydrogen) atoms. The Morgan fingerprint density at radius 1 is 1.20 bits per heavy atom. The van der Waals surface area contributed by atoms with Gasteiger partial charge in [-0.1, -0.05) is 12.1 Å². The molecular formula is C19H23F4N5OS. The van der Waals surface area contributed by atoms with Gasteiger partial charge in [0, 0.05) is 38.0 Å². The first-order valence-corrected chi connectivity index (χ1v) is 10.2. The van der Waals surface area contributed by atoms with Crippen LogP contribution in [0.5, 0.6) is 0 Å². The van der Waals surface area contributed by atoms with Crippen molar-refractivity contribution in [1.29, 1.82) is 0 Å². The van der Waals surface area contributed by atoms with Crippen LogP contribution in [0.15, 0.2) is 34.6 Å². The number of thiazole rings is 1. The Hall–Kier alpha value is -2.69. The summed E-state index contributed by atoms with van der Waals surface area (Å²) in [5.41, 5.74) is -0.295. The van der Waals surface area contributed by atoms with E-state index in [4.69, 9.17) is 0 Å². The van der Waals surface area contributed by atoms with Crippen molar-refractivity contribution in [3.63, 3.8) is 0 Å². The lowest BCUT2D eigenvalue weighted by molar-refractivity contribution is -0.140. The average molecular weight is 445 g/mol. The summed E-state index contributed by atoms with van der Waals surface area (Å²) in [5, 5.41) is 10.1. The van der Waals surface area contributed by atoms with E-state index in [2.05, 4.69) is 25.9 Å². The highest BCUT2D eigenvalue weighted by molar-refractivity contribution is 7.09. The second-order valence-electron chi connectivity index (χ2n) is 6.22. The van der Waals surface area contributed by atoms with Gasteiger partial charge < -0.3 is 16.0 Å². The number of hydrogen-bond acceptors (Lipinski definition) is 4. The van der Waals surface area contributed by atoms with Crippen molar-refractivity contribution in [2.24, 2.45) is 4.99 Å². The van der Waals surface area contributed by atoms with Gasteiger partial charge in [-0.2, -0.15) is 13.2 Å². The third-order valence-electron chi connectivity index (χ3n) is 3.78. The Morgan fingerprint density at radius 3 is 2.63 bits per heavy atom. The van der Waals surface area contributed by atoms with Gasteiger partial charge in [0.05, 0.1) is 11.4 Å². The number of rotatable bonds is 9. The number of amides is 1. The van der Waals surface area contributed by atoms with Gasteiger partial charge in [0.2, 0.25) is 5.91 Å². The maximum Gasteiger partial charge on any atom is 0.434 e. The number of alkyl halides is 3. The van der Waals surface area contributed by atoms with Crippen molar-refractivity contribution in [1.82, 2.24) is 20.9 Å². The van der Waals surface area contributed by atoms with E-state index in [0.29, 0.717) is 42.6 Å². The summed E-state index contributed by atoms with van der Waals surface area (Å²) in [6.07, 6.45) is -4.06. The monoisotopic (exact) mass is 445 g/mol. The topological polar surface area (TPSA) is 78.4 Å². The molecule has 2 rings (SSSR count). The fourth-order valence-electron chi connectivity index (χ4n) is 2.44. The lowest BCUT2D eigenvalue weighted by atomic mass is 10.1. The lowest BCUT2D eigenvalue weighted by Crippen LogP contribution is -2.41. The van der Waals surface area contributed by atoms with Gasteiger partial charge >= 0.3 is 6.18 Å². The third-order valence-corrected chi connectivity index (χ3v) is 4.68. The summed E-state index contributed by atoms with van der Waals surface area (Å²) in [5.74, 6) is -0.126. The Balaban J connectivity index is 1.72. The van der Waals surface area contributed by atoms with Crippen LogP contribution in [0.2, 0.25) is 0 Å². The fourth-order valence-corrected chi connectivity index (χ4v) is 3.23. The van der Waals surface area contributed by atoms with Crippen LogP contribution < -0.4 is 16.0 Å². The molecule has 3 N–H and O–H groups in total. The Labute approximate surface area is 175 Å². The van der Waals surface area contributed by atoms with E-state index in [9.17, 15) is 22.4 Å². The predicted molar refractivity (Wildman–Crippen MR) is 108 cm³/mol. The van der Waals surface area contributed by atoms with Crippen LogP contribution in [0.4, 0.5) is 17.6 Å². The minimum atomic E-state index is -4.44. The summed E-state index contributed by atoms with van der Waals surface area (Å²) in [4.78, 5) is 19.8. The van der Waals surface area contributed by atoms with Crippen molar-refractivity contribution in [2.75, 3.05) is 26.2 Å². The molecule has 1 amide bonds. The maximum atomic E-state index is 13.1. The molecular weight excluding hydrogens is 422 g/mol. The van der Waals surface area contributed by atoms with E-state index in [1.165, 1.54) is 12.1 Å². The molecule has 0 spiro atoms. The second-order valence-corrected chi connectivity index (χ2v) is 7.16. The number of carbonyl (C=O) groups is 1. The van der Waals surface area contributed by atoms with Gasteiger partial charge in [0.25, 0.3) is 0 Å². The molecule has 0 saturated heterocycles. The number of hydrogen-bond donors (Lipinski definition) is 3. The van der Waals surface area contributed by atoms with Crippen LogP contribution in [-0.4, -0.2) is 43.0 Å². The molecule has 0 aliphatic carbocycles. The zero-order valence-electron chi connectivity index (χ0n) is 16.4. The molecule has 0 fully saturated rings. The van der Waals surface area contributed by atoms with E-state index in [1.54, 1.807) is 12.1 Å². The molecule has 0 atom stereocenters. The molecule has 0 radical (unpaired) electrons. The first-order valence-electron chi connectivity index (χ1n) is 9.33. The normalized spacial score (nSPS) is 12.0. The number of halogens is 4. The second kappa shape index (κ2) is 11.5. The zero-order chi connectivity index (χ0) is 22.0. The highest BCUT2D eigenvalue weighted by Gasteiger charge is 2.33. The lowest BCUT2D eigenvalue weighted by Gasteiger charge is -2.12. The van der Waals surface area contributed by atoms with E-state index < -0.39 is 11.9 Å². The number of guanidine groups is 1. The van der Waals surface area contributed by atoms with Gasteiger partial charge in [-0.15, -0.1) is 11.3 Å². The Morgan fingerprint density at radius 2 is 1.97 bits per heavy atom. The molecule has 164 valence electrons. The molecule has 0 aliphatic rings. The third kappa shape index (κ3) is 8.36. The van der Waals surface area contributed by atoms with Crippen LogP contribution in [0.1, 0.15) is 23.2 Å². The van der Waals surface area contributed by atoms with Gasteiger partial charge in [-0.05, 0) is 24.6 Å². The first kappa shape index (κ1) is 23.6. The smallest absolute Gasteiger partial charge is 0.357 e. The predicted octanol–water partition coefficient (Wildman–Crippen LogP) is 2.76. The Kier molecular flexibility index (Phi) is 9.03. The standard InChI is InChI=1S/C19H23F4N5OS/c1-2-24-18(26-7-6-17-28-15(12-30-17)19(21,22)23)27-9-8-25-16(29)11-13-4-3-5-14(20)10-13/h3-5,10,12H,2,6-9,11H2,1H3,(H,25,29)(H2,24,26,27). The van der Waals surface area contributed by atoms with Crippen molar-refractivity contribution in [3.8, 4) is 0 Å². The molecule has 0 unspecified atom stereocenters. The van der Waals surface area contributed by atoms with Crippen LogP contribution in [0.3, 0.4) is 0 Å². The highest BCUT2D eigenvalue weighted by Crippen LogP contribution is 2.30. The van der Waals surface area contributed by atoms with Crippen molar-refractivity contribution >= 4 is 23.2 Å². The maximum absolute atomic E-state index is 13.1. The van der Waals surface area contributed by atoms with Crippen LogP contribution in [0.25, 0.3) is 0 Å². The SMILES string of the molecule is CCNC(=NCCc1nc(C(F)(F)F)cs1)NCCNC(=O)Cc1cccc(F)c1. The minimum absolute atomic E-state index is 0.0830.